The van der Waals surface area contributed by atoms with Crippen LogP contribution < -0.4 is 5.73 Å². The van der Waals surface area contributed by atoms with Crippen LogP contribution in [0.25, 0.3) is 0 Å². The second-order valence-corrected chi connectivity index (χ2v) is 7.47. The Labute approximate surface area is 113 Å². The zero-order valence-corrected chi connectivity index (χ0v) is 12.3. The average molecular weight is 285 g/mol. The first-order valence-electron chi connectivity index (χ1n) is 5.46. The molecule has 18 heavy (non-hydrogen) atoms. The van der Waals surface area contributed by atoms with Gasteiger partial charge in [0.15, 0.2) is 10.2 Å². The van der Waals surface area contributed by atoms with Crippen molar-refractivity contribution < 1.29 is 4.52 Å². The highest BCUT2D eigenvalue weighted by atomic mass is 32.2. The maximum absolute atomic E-state index is 5.53. The van der Waals surface area contributed by atoms with Gasteiger partial charge < -0.3 is 10.3 Å². The molecule has 0 radical (unpaired) electrons. The lowest BCUT2D eigenvalue weighted by Crippen LogP contribution is -2.13. The predicted octanol–water partition coefficient (Wildman–Crippen LogP) is 2.65. The molecule has 0 saturated carbocycles. The molecule has 8 heteroatoms. The first-order valence-corrected chi connectivity index (χ1v) is 7.15. The second-order valence-electron chi connectivity index (χ2n) is 4.87. The van der Waals surface area contributed by atoms with Crippen molar-refractivity contribution in [2.45, 2.75) is 42.7 Å². The highest BCUT2D eigenvalue weighted by Gasteiger charge is 2.24. The number of hydrogen-bond acceptors (Lipinski definition) is 8. The van der Waals surface area contributed by atoms with Crippen LogP contribution in [0.15, 0.2) is 8.86 Å². The largest absolute Gasteiger partial charge is 0.374 e. The van der Waals surface area contributed by atoms with Gasteiger partial charge in [0, 0.05) is 5.41 Å². The fourth-order valence-corrected chi connectivity index (χ4v) is 2.99. The predicted molar refractivity (Wildman–Crippen MR) is 71.6 cm³/mol. The zero-order valence-electron chi connectivity index (χ0n) is 10.7. The van der Waals surface area contributed by atoms with Gasteiger partial charge in [0.05, 0.1) is 5.25 Å². The molecular weight excluding hydrogens is 270 g/mol. The van der Waals surface area contributed by atoms with Crippen LogP contribution in [0.3, 0.4) is 0 Å². The lowest BCUT2D eigenvalue weighted by atomic mass is 9.96. The lowest BCUT2D eigenvalue weighted by molar-refractivity contribution is 0.364. The van der Waals surface area contributed by atoms with E-state index in [1.165, 1.54) is 23.1 Å². The van der Waals surface area contributed by atoms with E-state index < -0.39 is 0 Å². The van der Waals surface area contributed by atoms with Crippen LogP contribution >= 0.6 is 23.1 Å². The van der Waals surface area contributed by atoms with Crippen molar-refractivity contribution in [2.24, 2.45) is 0 Å². The SMILES string of the molecule is CC(Sc1nnc(N)s1)c1nc(C(C)(C)C)no1. The number of thioether (sulfide) groups is 1. The molecule has 0 saturated heterocycles. The Morgan fingerprint density at radius 3 is 2.56 bits per heavy atom. The van der Waals surface area contributed by atoms with E-state index in [4.69, 9.17) is 10.3 Å². The Bertz CT molecular complexity index is 530. The molecule has 2 N–H and O–H groups in total. The number of nitrogens with zero attached hydrogens (tertiary/aromatic N) is 4. The van der Waals surface area contributed by atoms with Gasteiger partial charge in [-0.1, -0.05) is 49.0 Å². The molecule has 0 bridgehead atoms. The highest BCUT2D eigenvalue weighted by Crippen LogP contribution is 2.36. The van der Waals surface area contributed by atoms with Crippen LogP contribution in [-0.2, 0) is 5.41 Å². The number of aromatic nitrogens is 4. The summed E-state index contributed by atoms with van der Waals surface area (Å²) in [4.78, 5) is 4.41. The second kappa shape index (κ2) is 4.85. The number of nitrogen functional groups attached to an aromatic ring is 1. The molecule has 0 spiro atoms. The van der Waals surface area contributed by atoms with E-state index in [9.17, 15) is 0 Å². The Balaban J connectivity index is 2.09. The summed E-state index contributed by atoms with van der Waals surface area (Å²) in [6.07, 6.45) is 0. The highest BCUT2D eigenvalue weighted by molar-refractivity contribution is 8.01. The first-order chi connectivity index (χ1) is 8.36. The molecule has 2 rings (SSSR count). The summed E-state index contributed by atoms with van der Waals surface area (Å²) in [6.45, 7) is 8.13. The molecule has 6 nitrogen and oxygen atoms in total. The van der Waals surface area contributed by atoms with Crippen molar-refractivity contribution in [2.75, 3.05) is 5.73 Å². The summed E-state index contributed by atoms with van der Waals surface area (Å²) in [5, 5.41) is 12.2. The number of nitrogens with two attached hydrogens (primary N) is 1. The topological polar surface area (TPSA) is 90.7 Å². The Hall–Kier alpha value is -1.15. The van der Waals surface area contributed by atoms with E-state index in [1.54, 1.807) is 0 Å². The molecule has 0 aliphatic carbocycles. The van der Waals surface area contributed by atoms with Crippen molar-refractivity contribution in [3.05, 3.63) is 11.7 Å². The summed E-state index contributed by atoms with van der Waals surface area (Å²) in [6, 6.07) is 0. The summed E-state index contributed by atoms with van der Waals surface area (Å²) >= 11 is 2.86. The van der Waals surface area contributed by atoms with Gasteiger partial charge in [-0.05, 0) is 6.92 Å². The third-order valence-electron chi connectivity index (χ3n) is 2.16. The van der Waals surface area contributed by atoms with Crippen LogP contribution in [0.2, 0.25) is 0 Å². The van der Waals surface area contributed by atoms with E-state index in [2.05, 4.69) is 20.3 Å². The monoisotopic (exact) mass is 285 g/mol. The molecule has 1 atom stereocenters. The summed E-state index contributed by atoms with van der Waals surface area (Å²) in [5.41, 5.74) is 5.42. The summed E-state index contributed by atoms with van der Waals surface area (Å²) in [5.74, 6) is 1.31. The number of rotatable bonds is 3. The molecule has 0 fully saturated rings. The summed E-state index contributed by atoms with van der Waals surface area (Å²) < 4.78 is 6.08. The first kappa shape index (κ1) is 13.3. The van der Waals surface area contributed by atoms with E-state index in [0.29, 0.717) is 16.8 Å². The van der Waals surface area contributed by atoms with Crippen LogP contribution in [0, 0.1) is 0 Å². The van der Waals surface area contributed by atoms with Gasteiger partial charge in [-0.3, -0.25) is 0 Å². The van der Waals surface area contributed by atoms with E-state index in [-0.39, 0.29) is 10.7 Å². The normalized spacial score (nSPS) is 13.8. The van der Waals surface area contributed by atoms with Crippen LogP contribution in [0.4, 0.5) is 5.13 Å². The molecule has 0 aliphatic heterocycles. The fourth-order valence-electron chi connectivity index (χ4n) is 1.17. The summed E-state index contributed by atoms with van der Waals surface area (Å²) in [7, 11) is 0. The van der Waals surface area contributed by atoms with Gasteiger partial charge in [0.2, 0.25) is 11.0 Å². The van der Waals surface area contributed by atoms with E-state index in [1.807, 2.05) is 27.7 Å². The van der Waals surface area contributed by atoms with Gasteiger partial charge in [-0.25, -0.2) is 0 Å². The molecule has 0 aromatic carbocycles. The van der Waals surface area contributed by atoms with Gasteiger partial charge in [0.1, 0.15) is 0 Å². The minimum Gasteiger partial charge on any atom is -0.374 e. The van der Waals surface area contributed by atoms with Gasteiger partial charge in [0.25, 0.3) is 0 Å². The molecule has 0 amide bonds. The van der Waals surface area contributed by atoms with Gasteiger partial charge in [-0.15, -0.1) is 10.2 Å². The lowest BCUT2D eigenvalue weighted by Gasteiger charge is -2.11. The zero-order chi connectivity index (χ0) is 13.3. The maximum atomic E-state index is 5.53. The minimum atomic E-state index is -0.112. The Morgan fingerprint density at radius 2 is 2.06 bits per heavy atom. The van der Waals surface area contributed by atoms with Crippen molar-refractivity contribution >= 4 is 28.2 Å². The molecule has 98 valence electrons. The minimum absolute atomic E-state index is 0.0287. The molecule has 2 heterocycles. The molecule has 2 aromatic rings. The van der Waals surface area contributed by atoms with Gasteiger partial charge in [-0.2, -0.15) is 4.98 Å². The molecular formula is C10H15N5OS2. The molecule has 2 aromatic heterocycles. The fraction of sp³-hybridized carbons (Fsp3) is 0.600. The van der Waals surface area contributed by atoms with Crippen LogP contribution in [0.1, 0.15) is 44.7 Å². The van der Waals surface area contributed by atoms with Crippen molar-refractivity contribution in [3.8, 4) is 0 Å². The molecule has 1 unspecified atom stereocenters. The smallest absolute Gasteiger partial charge is 0.239 e. The Kier molecular flexibility index (Phi) is 3.58. The van der Waals surface area contributed by atoms with Crippen molar-refractivity contribution in [3.63, 3.8) is 0 Å². The van der Waals surface area contributed by atoms with Crippen LogP contribution in [0.5, 0.6) is 0 Å². The third kappa shape index (κ3) is 2.99. The van der Waals surface area contributed by atoms with Crippen molar-refractivity contribution in [1.29, 1.82) is 0 Å². The van der Waals surface area contributed by atoms with Gasteiger partial charge >= 0.3 is 0 Å². The van der Waals surface area contributed by atoms with Crippen LogP contribution in [-0.4, -0.2) is 20.3 Å². The average Bonchev–Trinajstić information content (AvgIpc) is 2.85. The van der Waals surface area contributed by atoms with E-state index >= 15 is 0 Å². The third-order valence-corrected chi connectivity index (χ3v) is 4.08. The maximum Gasteiger partial charge on any atom is 0.239 e. The number of anilines is 1. The van der Waals surface area contributed by atoms with Crippen molar-refractivity contribution in [1.82, 2.24) is 20.3 Å². The number of hydrogen-bond donors (Lipinski definition) is 1. The standard InChI is InChI=1S/C10H15N5OS2/c1-5(17-9-14-13-8(11)18-9)6-12-7(15-16-6)10(2,3)4/h5H,1-4H3,(H2,11,13). The van der Waals surface area contributed by atoms with E-state index in [0.717, 1.165) is 4.34 Å². The quantitative estimate of drug-likeness (QED) is 0.867. The molecule has 0 aliphatic rings. The Morgan fingerprint density at radius 1 is 1.33 bits per heavy atom.